The Bertz CT molecular complexity index is 891. The molecule has 0 amide bonds. The highest BCUT2D eigenvalue weighted by Gasteiger charge is 2.70. The third-order valence-electron chi connectivity index (χ3n) is 4.61. The van der Waals surface area contributed by atoms with E-state index in [1.807, 2.05) is 12.1 Å². The van der Waals surface area contributed by atoms with E-state index in [0.29, 0.717) is 16.7 Å². The minimum absolute atomic E-state index is 0.217. The van der Waals surface area contributed by atoms with E-state index in [9.17, 15) is 20.1 Å². The van der Waals surface area contributed by atoms with Crippen LogP contribution in [-0.2, 0) is 4.74 Å². The molecule has 2 aromatic rings. The number of carbonyl (C=O) groups excluding carboxylic acids is 2. The molecule has 0 bridgehead atoms. The van der Waals surface area contributed by atoms with Crippen LogP contribution < -0.4 is 0 Å². The number of ether oxygens (including phenoxy) is 1. The number of ketones is 1. The Balaban J connectivity index is 1.95. The second-order valence-electron chi connectivity index (χ2n) is 5.89. The van der Waals surface area contributed by atoms with Crippen molar-refractivity contribution in [3.05, 3.63) is 71.3 Å². The lowest BCUT2D eigenvalue weighted by Gasteiger charge is -2.03. The average molecular weight is 330 g/mol. The maximum absolute atomic E-state index is 12.8. The van der Waals surface area contributed by atoms with Gasteiger partial charge in [0.15, 0.2) is 11.2 Å². The number of hydrogen-bond acceptors (Lipinski definition) is 5. The van der Waals surface area contributed by atoms with Gasteiger partial charge >= 0.3 is 5.97 Å². The van der Waals surface area contributed by atoms with Gasteiger partial charge < -0.3 is 4.74 Å². The van der Waals surface area contributed by atoms with E-state index >= 15 is 0 Å². The monoisotopic (exact) mass is 330 g/mol. The number of Topliss-reactive ketones (excluding diaryl/α,β-unsaturated/α-hetero) is 1. The zero-order chi connectivity index (χ0) is 18.0. The highest BCUT2D eigenvalue weighted by molar-refractivity contribution is 6.02. The van der Waals surface area contributed by atoms with Crippen LogP contribution in [0, 0.1) is 34.0 Å². The van der Waals surface area contributed by atoms with Gasteiger partial charge in [0.05, 0.1) is 30.7 Å². The van der Waals surface area contributed by atoms with Gasteiger partial charge in [-0.3, -0.25) is 4.79 Å². The summed E-state index contributed by atoms with van der Waals surface area (Å²) < 4.78 is 4.65. The molecule has 1 saturated carbocycles. The van der Waals surface area contributed by atoms with Crippen molar-refractivity contribution >= 4 is 11.8 Å². The van der Waals surface area contributed by atoms with Crippen molar-refractivity contribution in [3.8, 4) is 12.1 Å². The average Bonchev–Trinajstić information content (AvgIpc) is 3.36. The predicted molar refractivity (Wildman–Crippen MR) is 88.4 cm³/mol. The van der Waals surface area contributed by atoms with Crippen molar-refractivity contribution in [2.24, 2.45) is 11.3 Å². The van der Waals surface area contributed by atoms with Crippen LogP contribution in [-0.4, -0.2) is 18.9 Å². The lowest BCUT2D eigenvalue weighted by molar-refractivity contribution is 0.0600. The Morgan fingerprint density at radius 1 is 0.960 bits per heavy atom. The first-order chi connectivity index (χ1) is 12.1. The van der Waals surface area contributed by atoms with Crippen molar-refractivity contribution < 1.29 is 14.3 Å². The van der Waals surface area contributed by atoms with E-state index in [2.05, 4.69) is 4.74 Å². The van der Waals surface area contributed by atoms with Gasteiger partial charge in [0.2, 0.25) is 0 Å². The smallest absolute Gasteiger partial charge is 0.337 e. The molecule has 122 valence electrons. The Kier molecular flexibility index (Phi) is 4.09. The molecule has 5 heteroatoms. The third-order valence-corrected chi connectivity index (χ3v) is 4.61. The Morgan fingerprint density at radius 3 is 2.08 bits per heavy atom. The first-order valence-electron chi connectivity index (χ1n) is 7.69. The molecular weight excluding hydrogens is 316 g/mol. The van der Waals surface area contributed by atoms with Crippen LogP contribution >= 0.6 is 0 Å². The first-order valence-corrected chi connectivity index (χ1v) is 7.69. The summed E-state index contributed by atoms with van der Waals surface area (Å²) in [5.41, 5.74) is 0.165. The summed E-state index contributed by atoms with van der Waals surface area (Å²) in [6.45, 7) is 0. The number of methoxy groups -OCH3 is 1. The van der Waals surface area contributed by atoms with Gasteiger partial charge in [-0.25, -0.2) is 4.79 Å². The molecule has 0 aromatic heterocycles. The summed E-state index contributed by atoms with van der Waals surface area (Å²) in [5, 5.41) is 19.1. The highest BCUT2D eigenvalue weighted by atomic mass is 16.5. The molecular formula is C20H14N2O3. The largest absolute Gasteiger partial charge is 0.465 e. The van der Waals surface area contributed by atoms with Crippen molar-refractivity contribution in [1.29, 1.82) is 10.5 Å². The standard InChI is InChI=1S/C20H14N2O3/c1-25-19(24)15-9-7-13(8-10-15)16-17(20(16,11-21)12-22)18(23)14-5-3-2-4-6-14/h2-10,16-17H,1H3/t16-,17-/m1/s1. The van der Waals surface area contributed by atoms with Crippen molar-refractivity contribution in [2.75, 3.05) is 7.11 Å². The fourth-order valence-electron chi connectivity index (χ4n) is 3.23. The van der Waals surface area contributed by atoms with Crippen LogP contribution in [0.3, 0.4) is 0 Å². The topological polar surface area (TPSA) is 90.9 Å². The van der Waals surface area contributed by atoms with E-state index in [-0.39, 0.29) is 5.78 Å². The summed E-state index contributed by atoms with van der Waals surface area (Å²) in [7, 11) is 1.29. The minimum Gasteiger partial charge on any atom is -0.465 e. The van der Waals surface area contributed by atoms with Crippen LogP contribution in [0.1, 0.15) is 32.2 Å². The van der Waals surface area contributed by atoms with Crippen LogP contribution in [0.25, 0.3) is 0 Å². The number of hydrogen-bond donors (Lipinski definition) is 0. The van der Waals surface area contributed by atoms with E-state index in [1.165, 1.54) is 7.11 Å². The van der Waals surface area contributed by atoms with Gasteiger partial charge in [-0.1, -0.05) is 42.5 Å². The molecule has 0 N–H and O–H groups in total. The molecule has 0 aliphatic heterocycles. The number of nitrogens with zero attached hydrogens (tertiary/aromatic N) is 2. The van der Waals surface area contributed by atoms with Crippen molar-refractivity contribution in [3.63, 3.8) is 0 Å². The van der Waals surface area contributed by atoms with Crippen LogP contribution in [0.4, 0.5) is 0 Å². The Morgan fingerprint density at radius 2 is 1.56 bits per heavy atom. The second kappa shape index (κ2) is 6.22. The molecule has 0 heterocycles. The lowest BCUT2D eigenvalue weighted by atomic mass is 10.0. The van der Waals surface area contributed by atoms with Gasteiger partial charge in [0.1, 0.15) is 0 Å². The fourth-order valence-corrected chi connectivity index (χ4v) is 3.23. The van der Waals surface area contributed by atoms with E-state index in [4.69, 9.17) is 0 Å². The molecule has 25 heavy (non-hydrogen) atoms. The van der Waals surface area contributed by atoms with E-state index in [0.717, 1.165) is 0 Å². The second-order valence-corrected chi connectivity index (χ2v) is 5.89. The van der Waals surface area contributed by atoms with Gasteiger partial charge in [-0.05, 0) is 17.7 Å². The van der Waals surface area contributed by atoms with Gasteiger partial charge in [0.25, 0.3) is 0 Å². The molecule has 1 aliphatic rings. The van der Waals surface area contributed by atoms with E-state index in [1.54, 1.807) is 54.6 Å². The number of carbonyl (C=O) groups is 2. The summed E-state index contributed by atoms with van der Waals surface area (Å²) in [5.74, 6) is -1.91. The number of esters is 1. The minimum atomic E-state index is -1.38. The summed E-state index contributed by atoms with van der Waals surface area (Å²) >= 11 is 0. The first kappa shape index (κ1) is 16.4. The molecule has 2 aromatic carbocycles. The van der Waals surface area contributed by atoms with Gasteiger partial charge in [-0.2, -0.15) is 10.5 Å². The molecule has 0 saturated heterocycles. The molecule has 0 unspecified atom stereocenters. The van der Waals surface area contributed by atoms with Crippen LogP contribution in [0.2, 0.25) is 0 Å². The zero-order valence-electron chi connectivity index (χ0n) is 13.5. The summed E-state index contributed by atoms with van der Waals surface area (Å²) in [4.78, 5) is 24.3. The van der Waals surface area contributed by atoms with E-state index < -0.39 is 23.2 Å². The normalized spacial score (nSPS) is 20.0. The molecule has 1 aliphatic carbocycles. The Labute approximate surface area is 145 Å². The van der Waals surface area contributed by atoms with Crippen LogP contribution in [0.5, 0.6) is 0 Å². The van der Waals surface area contributed by atoms with Crippen molar-refractivity contribution in [1.82, 2.24) is 0 Å². The SMILES string of the molecule is COC(=O)c1ccc([C@@H]2[C@H](C(=O)c3ccccc3)C2(C#N)C#N)cc1. The van der Waals surface area contributed by atoms with Gasteiger partial charge in [0, 0.05) is 11.5 Å². The quantitative estimate of drug-likeness (QED) is 0.634. The highest BCUT2D eigenvalue weighted by Crippen LogP contribution is 2.65. The summed E-state index contributed by atoms with van der Waals surface area (Å²) in [6.07, 6.45) is 0. The fraction of sp³-hybridized carbons (Fsp3) is 0.200. The molecule has 0 spiro atoms. The number of rotatable bonds is 4. The molecule has 0 radical (unpaired) electrons. The third kappa shape index (κ3) is 2.56. The molecule has 1 fully saturated rings. The number of nitriles is 2. The predicted octanol–water partition coefficient (Wildman–Crippen LogP) is 3.10. The van der Waals surface area contributed by atoms with Crippen molar-refractivity contribution in [2.45, 2.75) is 5.92 Å². The maximum Gasteiger partial charge on any atom is 0.337 e. The van der Waals surface area contributed by atoms with Crippen LogP contribution in [0.15, 0.2) is 54.6 Å². The summed E-state index contributed by atoms with van der Waals surface area (Å²) in [6, 6.07) is 19.2. The molecule has 2 atom stereocenters. The Hall–Kier alpha value is -3.44. The van der Waals surface area contributed by atoms with Gasteiger partial charge in [-0.15, -0.1) is 0 Å². The number of benzene rings is 2. The molecule has 5 nitrogen and oxygen atoms in total. The lowest BCUT2D eigenvalue weighted by Crippen LogP contribution is -2.08. The molecule has 3 rings (SSSR count). The zero-order valence-corrected chi connectivity index (χ0v) is 13.5. The maximum atomic E-state index is 12.8.